The first-order valence-electron chi connectivity index (χ1n) is 11.6. The van der Waals surface area contributed by atoms with Gasteiger partial charge < -0.3 is 29.1 Å². The predicted octanol–water partition coefficient (Wildman–Crippen LogP) is 1.84. The number of benzene rings is 1. The predicted molar refractivity (Wildman–Crippen MR) is 127 cm³/mol. The lowest BCUT2D eigenvalue weighted by molar-refractivity contribution is -0.148. The van der Waals surface area contributed by atoms with E-state index in [0.717, 1.165) is 29.7 Å². The average Bonchev–Trinajstić information content (AvgIpc) is 3.63. The Balaban J connectivity index is 1.30. The third kappa shape index (κ3) is 6.00. The summed E-state index contributed by atoms with van der Waals surface area (Å²) >= 11 is 0. The summed E-state index contributed by atoms with van der Waals surface area (Å²) in [5, 5.41) is 6.64. The zero-order valence-corrected chi connectivity index (χ0v) is 20.2. The van der Waals surface area contributed by atoms with Crippen LogP contribution in [0.1, 0.15) is 35.4 Å². The van der Waals surface area contributed by atoms with E-state index in [-0.39, 0.29) is 11.9 Å². The van der Waals surface area contributed by atoms with Gasteiger partial charge in [0, 0.05) is 38.3 Å². The molecule has 2 aliphatic rings. The molecule has 1 aliphatic carbocycles. The Morgan fingerprint density at radius 1 is 1.11 bits per heavy atom. The van der Waals surface area contributed by atoms with E-state index in [1.54, 1.807) is 30.2 Å². The van der Waals surface area contributed by atoms with Crippen LogP contribution >= 0.6 is 0 Å². The number of piperazine rings is 1. The smallest absolute Gasteiger partial charge is 0.312 e. The molecule has 1 aromatic carbocycles. The van der Waals surface area contributed by atoms with Gasteiger partial charge in [0.25, 0.3) is 0 Å². The van der Waals surface area contributed by atoms with Crippen LogP contribution in [-0.2, 0) is 21.0 Å². The summed E-state index contributed by atoms with van der Waals surface area (Å²) in [6, 6.07) is 5.56. The highest BCUT2D eigenvalue weighted by atomic mass is 16.5. The van der Waals surface area contributed by atoms with Crippen LogP contribution in [0.25, 0.3) is 6.08 Å². The molecule has 2 aromatic rings. The van der Waals surface area contributed by atoms with E-state index in [1.165, 1.54) is 11.0 Å². The fraction of sp³-hybridized carbons (Fsp3) is 0.440. The van der Waals surface area contributed by atoms with Crippen molar-refractivity contribution in [2.24, 2.45) is 0 Å². The maximum atomic E-state index is 12.6. The average molecular weight is 483 g/mol. The number of hydrogen-bond donors (Lipinski definition) is 1. The lowest BCUT2D eigenvalue weighted by Gasteiger charge is -2.33. The maximum absolute atomic E-state index is 12.6. The lowest BCUT2D eigenvalue weighted by atomic mass is 10.1. The highest BCUT2D eigenvalue weighted by Crippen LogP contribution is 2.30. The van der Waals surface area contributed by atoms with E-state index in [9.17, 15) is 14.4 Å². The summed E-state index contributed by atoms with van der Waals surface area (Å²) in [7, 11) is 1.56. The fourth-order valence-electron chi connectivity index (χ4n) is 3.79. The van der Waals surface area contributed by atoms with Gasteiger partial charge in [0.1, 0.15) is 12.4 Å². The van der Waals surface area contributed by atoms with Crippen molar-refractivity contribution in [1.29, 1.82) is 0 Å². The summed E-state index contributed by atoms with van der Waals surface area (Å²) in [5.41, 5.74) is 2.46. The molecule has 1 aromatic heterocycles. The molecular formula is C25H30N4O6. The van der Waals surface area contributed by atoms with E-state index >= 15 is 0 Å². The van der Waals surface area contributed by atoms with E-state index in [1.807, 2.05) is 19.9 Å². The van der Waals surface area contributed by atoms with Gasteiger partial charge in [-0.15, -0.1) is 0 Å². The van der Waals surface area contributed by atoms with Crippen molar-refractivity contribution >= 4 is 23.8 Å². The van der Waals surface area contributed by atoms with Gasteiger partial charge in [0.05, 0.1) is 18.4 Å². The third-order valence-corrected chi connectivity index (χ3v) is 6.14. The number of nitrogens with one attached hydrogen (secondary N) is 1. The standard InChI is InChI=1S/C25H30N4O6/c1-16-20(17(2)35-27-16)15-34-21-8-4-18(14-22(21)33-3)5-9-23(30)28-10-12-29(13-11-28)25(32)24(31)26-19-6-7-19/h4-5,8-9,14,19H,6-7,10-13,15H2,1-3H3,(H,26,31). The first-order valence-corrected chi connectivity index (χ1v) is 11.6. The minimum Gasteiger partial charge on any atom is -0.493 e. The number of ether oxygens (including phenoxy) is 2. The Kier molecular flexibility index (Phi) is 7.38. The van der Waals surface area contributed by atoms with Gasteiger partial charge in [-0.25, -0.2) is 0 Å². The molecule has 0 spiro atoms. The molecule has 2 heterocycles. The minimum atomic E-state index is -0.555. The molecule has 1 N–H and O–H groups in total. The summed E-state index contributed by atoms with van der Waals surface area (Å²) in [6.45, 7) is 5.43. The SMILES string of the molecule is COc1cc(C=CC(=O)N2CCN(C(=O)C(=O)NC3CC3)CC2)ccc1OCc1c(C)noc1C. The Morgan fingerprint density at radius 2 is 1.83 bits per heavy atom. The zero-order chi connectivity index (χ0) is 24.9. The molecule has 0 bridgehead atoms. The van der Waals surface area contributed by atoms with Crippen molar-refractivity contribution in [3.63, 3.8) is 0 Å². The summed E-state index contributed by atoms with van der Waals surface area (Å²) in [6.07, 6.45) is 5.06. The monoisotopic (exact) mass is 482 g/mol. The van der Waals surface area contributed by atoms with Gasteiger partial charge in [-0.2, -0.15) is 0 Å². The first-order chi connectivity index (χ1) is 16.9. The molecule has 4 rings (SSSR count). The molecule has 0 atom stereocenters. The van der Waals surface area contributed by atoms with Gasteiger partial charge in [0.2, 0.25) is 5.91 Å². The summed E-state index contributed by atoms with van der Waals surface area (Å²) in [4.78, 5) is 40.0. The Hall–Kier alpha value is -3.82. The van der Waals surface area contributed by atoms with E-state index in [4.69, 9.17) is 14.0 Å². The van der Waals surface area contributed by atoms with Crippen molar-refractivity contribution in [2.45, 2.75) is 39.3 Å². The minimum absolute atomic E-state index is 0.140. The van der Waals surface area contributed by atoms with Gasteiger partial charge in [-0.05, 0) is 50.5 Å². The number of methoxy groups -OCH3 is 1. The van der Waals surface area contributed by atoms with Crippen molar-refractivity contribution in [1.82, 2.24) is 20.3 Å². The van der Waals surface area contributed by atoms with E-state index in [0.29, 0.717) is 50.0 Å². The molecule has 3 amide bonds. The number of aryl methyl sites for hydroxylation is 2. The van der Waals surface area contributed by atoms with Crippen molar-refractivity contribution in [2.75, 3.05) is 33.3 Å². The summed E-state index contributed by atoms with van der Waals surface area (Å²) in [5.74, 6) is 0.595. The Morgan fingerprint density at radius 3 is 2.46 bits per heavy atom. The molecule has 0 unspecified atom stereocenters. The maximum Gasteiger partial charge on any atom is 0.312 e. The fourth-order valence-corrected chi connectivity index (χ4v) is 3.79. The molecule has 10 heteroatoms. The molecule has 1 saturated carbocycles. The van der Waals surface area contributed by atoms with E-state index < -0.39 is 11.8 Å². The first kappa shape index (κ1) is 24.3. The molecule has 35 heavy (non-hydrogen) atoms. The van der Waals surface area contributed by atoms with Crippen LogP contribution in [0.3, 0.4) is 0 Å². The van der Waals surface area contributed by atoms with Crippen molar-refractivity contribution in [3.8, 4) is 11.5 Å². The van der Waals surface area contributed by atoms with Crippen LogP contribution in [0.15, 0.2) is 28.8 Å². The number of hydrogen-bond acceptors (Lipinski definition) is 7. The quantitative estimate of drug-likeness (QED) is 0.473. The van der Waals surface area contributed by atoms with Crippen LogP contribution in [0.2, 0.25) is 0 Å². The number of amides is 3. The van der Waals surface area contributed by atoms with Crippen LogP contribution in [0, 0.1) is 13.8 Å². The Bertz CT molecular complexity index is 1110. The molecule has 2 fully saturated rings. The van der Waals surface area contributed by atoms with Crippen molar-refractivity contribution < 1.29 is 28.4 Å². The van der Waals surface area contributed by atoms with E-state index in [2.05, 4.69) is 10.5 Å². The Labute approximate surface area is 203 Å². The summed E-state index contributed by atoms with van der Waals surface area (Å²) < 4.78 is 16.5. The van der Waals surface area contributed by atoms with Gasteiger partial charge in [0.15, 0.2) is 11.5 Å². The number of rotatable bonds is 7. The topological polar surface area (TPSA) is 114 Å². The zero-order valence-electron chi connectivity index (χ0n) is 20.2. The molecular weight excluding hydrogens is 452 g/mol. The van der Waals surface area contributed by atoms with Gasteiger partial charge >= 0.3 is 11.8 Å². The highest BCUT2D eigenvalue weighted by molar-refractivity contribution is 6.35. The normalized spacial score (nSPS) is 15.9. The molecule has 10 nitrogen and oxygen atoms in total. The molecule has 1 saturated heterocycles. The van der Waals surface area contributed by atoms with Gasteiger partial charge in [-0.3, -0.25) is 14.4 Å². The highest BCUT2D eigenvalue weighted by Gasteiger charge is 2.31. The second kappa shape index (κ2) is 10.6. The third-order valence-electron chi connectivity index (χ3n) is 6.14. The van der Waals surface area contributed by atoms with Gasteiger partial charge in [-0.1, -0.05) is 11.2 Å². The second-order valence-electron chi connectivity index (χ2n) is 8.70. The second-order valence-corrected chi connectivity index (χ2v) is 8.70. The van der Waals surface area contributed by atoms with Crippen molar-refractivity contribution in [3.05, 3.63) is 46.9 Å². The molecule has 186 valence electrons. The molecule has 1 aliphatic heterocycles. The number of carbonyl (C=O) groups excluding carboxylic acids is 3. The number of nitrogens with zero attached hydrogens (tertiary/aromatic N) is 3. The lowest BCUT2D eigenvalue weighted by Crippen LogP contribution is -2.53. The van der Waals surface area contributed by atoms with Crippen LogP contribution < -0.4 is 14.8 Å². The molecule has 0 radical (unpaired) electrons. The number of aromatic nitrogens is 1. The number of carbonyl (C=O) groups is 3. The largest absolute Gasteiger partial charge is 0.493 e. The van der Waals surface area contributed by atoms with Crippen LogP contribution in [-0.4, -0.2) is 72.0 Å². The van der Waals surface area contributed by atoms with Crippen LogP contribution in [0.4, 0.5) is 0 Å². The van der Waals surface area contributed by atoms with Crippen LogP contribution in [0.5, 0.6) is 11.5 Å².